The number of phenols is 2. The van der Waals surface area contributed by atoms with Gasteiger partial charge in [0.25, 0.3) is 0 Å². The summed E-state index contributed by atoms with van der Waals surface area (Å²) in [6, 6.07) is 15.9. The molecule has 1 amide bonds. The number of aromatic hydroxyl groups is 2. The molecule has 3 aromatic carbocycles. The van der Waals surface area contributed by atoms with Gasteiger partial charge < -0.3 is 25.7 Å². The van der Waals surface area contributed by atoms with Crippen molar-refractivity contribution in [1.82, 2.24) is 14.7 Å². The number of rotatable bonds is 8. The van der Waals surface area contributed by atoms with Gasteiger partial charge >= 0.3 is 0 Å². The summed E-state index contributed by atoms with van der Waals surface area (Å²) in [5.74, 6) is -3.98. The molecule has 3 atom stereocenters. The highest BCUT2D eigenvalue weighted by Gasteiger charge is 2.48. The largest absolute Gasteiger partial charge is 0.508 e. The van der Waals surface area contributed by atoms with Gasteiger partial charge in [0.05, 0.1) is 0 Å². The summed E-state index contributed by atoms with van der Waals surface area (Å²) in [5.41, 5.74) is 7.59. The number of nitrogens with zero attached hydrogens (tertiary/aromatic N) is 3. The van der Waals surface area contributed by atoms with Crippen molar-refractivity contribution >= 4 is 17.5 Å². The molecule has 10 heteroatoms. The second-order valence-electron chi connectivity index (χ2n) is 11.9. The number of halogens is 1. The van der Waals surface area contributed by atoms with E-state index in [2.05, 4.69) is 4.90 Å². The fourth-order valence-corrected chi connectivity index (χ4v) is 6.64. The van der Waals surface area contributed by atoms with Crippen LogP contribution in [0.25, 0.3) is 0 Å². The number of phenolic OH excluding ortho intramolecular Hbond substituents is 2. The van der Waals surface area contributed by atoms with E-state index in [1.165, 1.54) is 30.3 Å². The summed E-state index contributed by atoms with van der Waals surface area (Å²) in [6.07, 6.45) is 0. The number of benzene rings is 3. The topological polar surface area (TPSA) is 127 Å². The molecule has 2 unspecified atom stereocenters. The van der Waals surface area contributed by atoms with Gasteiger partial charge in [-0.25, -0.2) is 4.39 Å². The Morgan fingerprint density at radius 1 is 0.864 bits per heavy atom. The molecule has 4 N–H and O–H groups in total. The van der Waals surface area contributed by atoms with Crippen molar-refractivity contribution < 1.29 is 29.0 Å². The van der Waals surface area contributed by atoms with Crippen LogP contribution >= 0.6 is 0 Å². The molecule has 0 saturated carbocycles. The molecule has 2 saturated heterocycles. The summed E-state index contributed by atoms with van der Waals surface area (Å²) in [5, 5.41) is 20.4. The van der Waals surface area contributed by atoms with E-state index in [4.69, 9.17) is 5.73 Å². The average molecular weight is 603 g/mol. The average Bonchev–Trinajstić information content (AvgIpc) is 3.02. The van der Waals surface area contributed by atoms with Crippen LogP contribution in [-0.2, 0) is 4.79 Å². The number of ketones is 2. The Labute approximate surface area is 256 Å². The predicted molar refractivity (Wildman–Crippen MR) is 164 cm³/mol. The maximum atomic E-state index is 15.0. The van der Waals surface area contributed by atoms with E-state index < -0.39 is 29.6 Å². The van der Waals surface area contributed by atoms with Crippen molar-refractivity contribution in [3.8, 4) is 11.5 Å². The number of likely N-dealkylation sites (tertiary alicyclic amines) is 1. The molecular formula is C34H39FN4O5. The van der Waals surface area contributed by atoms with Gasteiger partial charge in [-0.05, 0) is 55.4 Å². The summed E-state index contributed by atoms with van der Waals surface area (Å²) in [4.78, 5) is 48.3. The molecule has 44 heavy (non-hydrogen) atoms. The molecule has 232 valence electrons. The van der Waals surface area contributed by atoms with E-state index in [1.54, 1.807) is 48.2 Å². The maximum Gasteiger partial charge on any atom is 0.241 e. The lowest BCUT2D eigenvalue weighted by Gasteiger charge is -2.46. The number of Topliss-reactive ketones (excluding diaryl/α,β-unsaturated/α-hetero) is 2. The van der Waals surface area contributed by atoms with Crippen molar-refractivity contribution in [2.24, 2.45) is 17.6 Å². The molecule has 0 radical (unpaired) electrons. The van der Waals surface area contributed by atoms with Gasteiger partial charge in [0.15, 0.2) is 11.6 Å². The fourth-order valence-electron chi connectivity index (χ4n) is 6.64. The van der Waals surface area contributed by atoms with E-state index in [1.807, 2.05) is 11.9 Å². The minimum Gasteiger partial charge on any atom is -0.508 e. The number of piperidine rings is 1. The summed E-state index contributed by atoms with van der Waals surface area (Å²) < 4.78 is 15.0. The zero-order valence-corrected chi connectivity index (χ0v) is 25.0. The summed E-state index contributed by atoms with van der Waals surface area (Å²) in [7, 11) is 2.00. The molecule has 9 nitrogen and oxygen atoms in total. The second kappa shape index (κ2) is 13.3. The zero-order chi connectivity index (χ0) is 31.5. The van der Waals surface area contributed by atoms with Crippen molar-refractivity contribution in [3.05, 3.63) is 94.8 Å². The normalized spacial score (nSPS) is 22.0. The SMILES string of the molecule is Cc1c(F)cccc1C1C(C(=O)c2cccc(O)c2)CN([C@H](CN)C(=O)N2CCN(C)CC2)CC1C(=O)c1cccc(O)c1. The quantitative estimate of drug-likeness (QED) is 0.336. The van der Waals surface area contributed by atoms with Crippen LogP contribution < -0.4 is 5.73 Å². The highest BCUT2D eigenvalue weighted by atomic mass is 19.1. The number of hydrogen-bond donors (Lipinski definition) is 3. The van der Waals surface area contributed by atoms with Gasteiger partial charge in [0.1, 0.15) is 23.4 Å². The predicted octanol–water partition coefficient (Wildman–Crippen LogP) is 3.04. The van der Waals surface area contributed by atoms with E-state index in [0.717, 1.165) is 13.1 Å². The summed E-state index contributed by atoms with van der Waals surface area (Å²) in [6.45, 7) is 4.34. The Morgan fingerprint density at radius 3 is 1.89 bits per heavy atom. The molecule has 2 aliphatic rings. The highest BCUT2D eigenvalue weighted by molar-refractivity contribution is 6.02. The van der Waals surface area contributed by atoms with E-state index in [9.17, 15) is 24.6 Å². The lowest BCUT2D eigenvalue weighted by atomic mass is 9.67. The van der Waals surface area contributed by atoms with Crippen LogP contribution in [0, 0.1) is 24.6 Å². The van der Waals surface area contributed by atoms with E-state index >= 15 is 4.39 Å². The molecule has 0 aromatic heterocycles. The van der Waals surface area contributed by atoms with Crippen molar-refractivity contribution in [3.63, 3.8) is 0 Å². The van der Waals surface area contributed by atoms with Gasteiger partial charge in [-0.15, -0.1) is 0 Å². The van der Waals surface area contributed by atoms with Crippen LogP contribution in [0.4, 0.5) is 4.39 Å². The first-order valence-electron chi connectivity index (χ1n) is 14.9. The first-order valence-corrected chi connectivity index (χ1v) is 14.9. The molecule has 0 bridgehead atoms. The molecule has 0 aliphatic carbocycles. The maximum absolute atomic E-state index is 15.0. The Bertz CT molecular complexity index is 1470. The zero-order valence-electron chi connectivity index (χ0n) is 25.0. The van der Waals surface area contributed by atoms with Gasteiger partial charge in [0, 0.05) is 74.7 Å². The third-order valence-electron chi connectivity index (χ3n) is 9.10. The van der Waals surface area contributed by atoms with Gasteiger partial charge in [-0.1, -0.05) is 36.4 Å². The number of nitrogens with two attached hydrogens (primary N) is 1. The fraction of sp³-hybridized carbons (Fsp3) is 0.382. The third kappa shape index (κ3) is 6.38. The number of likely N-dealkylation sites (N-methyl/N-ethyl adjacent to an activating group) is 1. The Hall–Kier alpha value is -4.12. The lowest BCUT2D eigenvalue weighted by molar-refractivity contribution is -0.139. The molecule has 3 aromatic rings. The molecule has 2 aliphatic heterocycles. The van der Waals surface area contributed by atoms with Crippen molar-refractivity contribution in [2.75, 3.05) is 52.9 Å². The van der Waals surface area contributed by atoms with Crippen LogP contribution in [0.5, 0.6) is 11.5 Å². The molecule has 5 rings (SSSR count). The molecule has 0 spiro atoms. The van der Waals surface area contributed by atoms with Crippen molar-refractivity contribution in [2.45, 2.75) is 18.9 Å². The number of amides is 1. The second-order valence-corrected chi connectivity index (χ2v) is 11.9. The van der Waals surface area contributed by atoms with Gasteiger partial charge in [-0.2, -0.15) is 0 Å². The number of piperazine rings is 1. The van der Waals surface area contributed by atoms with Crippen LogP contribution in [0.15, 0.2) is 66.7 Å². The van der Waals surface area contributed by atoms with Crippen molar-refractivity contribution in [1.29, 1.82) is 0 Å². The van der Waals surface area contributed by atoms with Crippen LogP contribution in [-0.4, -0.2) is 101 Å². The summed E-state index contributed by atoms with van der Waals surface area (Å²) >= 11 is 0. The number of carbonyl (C=O) groups is 3. The van der Waals surface area contributed by atoms with Gasteiger partial charge in [0.2, 0.25) is 5.91 Å². The van der Waals surface area contributed by atoms with E-state index in [-0.39, 0.29) is 59.7 Å². The first kappa shape index (κ1) is 31.3. The van der Waals surface area contributed by atoms with Crippen LogP contribution in [0.3, 0.4) is 0 Å². The standard InChI is InChI=1S/C34H39FN4O5/c1-21-26(10-5-11-29(21)35)31-27(32(42)22-6-3-8-24(40)16-22)19-39(20-28(31)33(43)23-7-4-9-25(41)17-23)30(18-36)34(44)38-14-12-37(2)13-15-38/h3-11,16-17,27-28,30-31,40-41H,12-15,18-20,36H2,1-2H3/t27?,28?,30-,31?/m1/s1. The monoisotopic (exact) mass is 602 g/mol. The smallest absolute Gasteiger partial charge is 0.241 e. The minimum absolute atomic E-state index is 0.0189. The molecule has 2 heterocycles. The molecule has 2 fully saturated rings. The molecular weight excluding hydrogens is 563 g/mol. The van der Waals surface area contributed by atoms with E-state index in [0.29, 0.717) is 24.2 Å². The Kier molecular flexibility index (Phi) is 9.43. The number of carbonyl (C=O) groups excluding carboxylic acids is 3. The highest BCUT2D eigenvalue weighted by Crippen LogP contribution is 2.43. The van der Waals surface area contributed by atoms with Crippen LogP contribution in [0.2, 0.25) is 0 Å². The van der Waals surface area contributed by atoms with Crippen LogP contribution in [0.1, 0.15) is 37.8 Å². The Balaban J connectivity index is 1.63. The Morgan fingerprint density at radius 2 is 1.39 bits per heavy atom. The number of hydrogen-bond acceptors (Lipinski definition) is 8. The third-order valence-corrected chi connectivity index (χ3v) is 9.10. The first-order chi connectivity index (χ1) is 21.1. The van der Waals surface area contributed by atoms with Gasteiger partial charge in [-0.3, -0.25) is 19.3 Å². The minimum atomic E-state index is -0.883. The lowest BCUT2D eigenvalue weighted by Crippen LogP contribution is -2.61.